The number of ether oxygens (including phenoxy) is 2. The van der Waals surface area contributed by atoms with Gasteiger partial charge in [-0.25, -0.2) is 9.18 Å². The normalized spacial score (nSPS) is 10.4. The molecule has 0 heterocycles. The maximum atomic E-state index is 12.9. The number of hydrogen-bond acceptors (Lipinski definition) is 5. The van der Waals surface area contributed by atoms with Crippen molar-refractivity contribution in [2.45, 2.75) is 0 Å². The highest BCUT2D eigenvalue weighted by Gasteiger charge is 2.12. The third-order valence-electron chi connectivity index (χ3n) is 2.86. The largest absolute Gasteiger partial charge is 0.493 e. The number of nitrogens with one attached hydrogen (secondary N) is 1. The van der Waals surface area contributed by atoms with E-state index in [4.69, 9.17) is 15.2 Å². The van der Waals surface area contributed by atoms with E-state index in [1.807, 2.05) is 0 Å². The van der Waals surface area contributed by atoms with E-state index in [9.17, 15) is 9.18 Å². The first-order valence-electron chi connectivity index (χ1n) is 6.74. The molecule has 0 unspecified atom stereocenters. The average Bonchev–Trinajstić information content (AvgIpc) is 2.56. The van der Waals surface area contributed by atoms with Gasteiger partial charge in [0.2, 0.25) is 0 Å². The van der Waals surface area contributed by atoms with Gasteiger partial charge in [0.15, 0.2) is 16.6 Å². The van der Waals surface area contributed by atoms with Gasteiger partial charge in [-0.05, 0) is 60.2 Å². The van der Waals surface area contributed by atoms with E-state index >= 15 is 0 Å². The first-order valence-corrected chi connectivity index (χ1v) is 7.14. The molecule has 0 saturated carbocycles. The lowest BCUT2D eigenvalue weighted by Gasteiger charge is -2.10. The zero-order valence-corrected chi connectivity index (χ0v) is 13.5. The van der Waals surface area contributed by atoms with Gasteiger partial charge in [0.25, 0.3) is 0 Å². The summed E-state index contributed by atoms with van der Waals surface area (Å²) in [4.78, 5) is 12.1. The number of hydrogen-bond donors (Lipinski definition) is 2. The van der Waals surface area contributed by atoms with Gasteiger partial charge in [0, 0.05) is 0 Å². The molecule has 0 aliphatic rings. The highest BCUT2D eigenvalue weighted by atomic mass is 32.1. The van der Waals surface area contributed by atoms with E-state index in [1.54, 1.807) is 18.2 Å². The molecule has 0 atom stereocenters. The Morgan fingerprint density at radius 2 is 1.96 bits per heavy atom. The van der Waals surface area contributed by atoms with E-state index in [2.05, 4.69) is 22.7 Å². The second-order valence-corrected chi connectivity index (χ2v) is 4.98. The Bertz CT molecular complexity index is 779. The Morgan fingerprint density at radius 1 is 1.25 bits per heavy atom. The smallest absolute Gasteiger partial charge is 0.343 e. The predicted molar refractivity (Wildman–Crippen MR) is 91.9 cm³/mol. The molecule has 6 nitrogen and oxygen atoms in total. The molecule has 8 heteroatoms. The topological polar surface area (TPSA) is 85.9 Å². The maximum Gasteiger partial charge on any atom is 0.343 e. The minimum Gasteiger partial charge on any atom is -0.493 e. The number of carbonyl (C=O) groups excluding carboxylic acids is 1. The highest BCUT2D eigenvalue weighted by molar-refractivity contribution is 7.80. The van der Waals surface area contributed by atoms with Crippen LogP contribution in [0.5, 0.6) is 11.5 Å². The molecule has 0 bridgehead atoms. The standard InChI is InChI=1S/C16H14FN3O3S/c1-22-14-8-10(9-19-20-16(18)24)2-7-13(14)23-15(21)11-3-5-12(17)6-4-11/h2-9H,1H3,(H3,18,20,24)/b19-9+. The van der Waals surface area contributed by atoms with Crippen LogP contribution in [0.4, 0.5) is 4.39 Å². The number of rotatable bonds is 5. The molecule has 0 fully saturated rings. The lowest BCUT2D eigenvalue weighted by Crippen LogP contribution is -2.23. The molecular formula is C16H14FN3O3S. The number of hydrazone groups is 1. The number of carbonyl (C=O) groups is 1. The molecule has 0 aromatic heterocycles. The van der Waals surface area contributed by atoms with Crippen molar-refractivity contribution in [1.29, 1.82) is 0 Å². The van der Waals surface area contributed by atoms with Gasteiger partial charge in [-0.1, -0.05) is 0 Å². The van der Waals surface area contributed by atoms with Gasteiger partial charge in [-0.2, -0.15) is 5.10 Å². The van der Waals surface area contributed by atoms with Crippen molar-refractivity contribution in [1.82, 2.24) is 5.43 Å². The van der Waals surface area contributed by atoms with E-state index in [-0.39, 0.29) is 16.4 Å². The van der Waals surface area contributed by atoms with Crippen LogP contribution in [0.1, 0.15) is 15.9 Å². The van der Waals surface area contributed by atoms with Crippen molar-refractivity contribution < 1.29 is 18.7 Å². The number of esters is 1. The van der Waals surface area contributed by atoms with Crippen LogP contribution in [-0.2, 0) is 0 Å². The molecule has 2 aromatic rings. The zero-order valence-electron chi connectivity index (χ0n) is 12.7. The minimum atomic E-state index is -0.620. The van der Waals surface area contributed by atoms with Crippen molar-refractivity contribution >= 4 is 29.5 Å². The van der Waals surface area contributed by atoms with Crippen molar-refractivity contribution in [3.05, 3.63) is 59.4 Å². The summed E-state index contributed by atoms with van der Waals surface area (Å²) in [5.74, 6) is -0.487. The Hall–Kier alpha value is -3.00. The third-order valence-corrected chi connectivity index (χ3v) is 2.95. The molecule has 124 valence electrons. The summed E-state index contributed by atoms with van der Waals surface area (Å²) in [5, 5.41) is 3.87. The van der Waals surface area contributed by atoms with E-state index < -0.39 is 11.8 Å². The fourth-order valence-electron chi connectivity index (χ4n) is 1.76. The number of nitrogens with two attached hydrogens (primary N) is 1. The summed E-state index contributed by atoms with van der Waals surface area (Å²) in [7, 11) is 1.44. The quantitative estimate of drug-likeness (QED) is 0.284. The van der Waals surface area contributed by atoms with Crippen LogP contribution < -0.4 is 20.6 Å². The molecule has 3 N–H and O–H groups in total. The summed E-state index contributed by atoms with van der Waals surface area (Å²) in [6.45, 7) is 0. The number of halogens is 1. The summed E-state index contributed by atoms with van der Waals surface area (Å²) in [6.07, 6.45) is 1.48. The van der Waals surface area contributed by atoms with Gasteiger partial charge < -0.3 is 15.2 Å². The second-order valence-electron chi connectivity index (χ2n) is 4.54. The van der Waals surface area contributed by atoms with Crippen LogP contribution >= 0.6 is 12.2 Å². The van der Waals surface area contributed by atoms with Crippen molar-refractivity contribution in [3.8, 4) is 11.5 Å². The summed E-state index contributed by atoms with van der Waals surface area (Å²) < 4.78 is 23.4. The van der Waals surface area contributed by atoms with Crippen molar-refractivity contribution in [3.63, 3.8) is 0 Å². The number of methoxy groups -OCH3 is 1. The number of thiocarbonyl (C=S) groups is 1. The molecular weight excluding hydrogens is 333 g/mol. The predicted octanol–water partition coefficient (Wildman–Crippen LogP) is 2.22. The van der Waals surface area contributed by atoms with Crippen LogP contribution in [0.15, 0.2) is 47.6 Å². The highest BCUT2D eigenvalue weighted by Crippen LogP contribution is 2.28. The molecule has 0 spiro atoms. The summed E-state index contributed by atoms with van der Waals surface area (Å²) in [5.41, 5.74) is 8.59. The van der Waals surface area contributed by atoms with Crippen LogP contribution in [-0.4, -0.2) is 24.4 Å². The summed E-state index contributed by atoms with van der Waals surface area (Å²) >= 11 is 4.63. The average molecular weight is 347 g/mol. The van der Waals surface area contributed by atoms with Crippen molar-refractivity contribution in [2.24, 2.45) is 10.8 Å². The van der Waals surface area contributed by atoms with Gasteiger partial charge >= 0.3 is 5.97 Å². The first-order chi connectivity index (χ1) is 11.5. The van der Waals surface area contributed by atoms with Gasteiger partial charge in [0.05, 0.1) is 18.9 Å². The third kappa shape index (κ3) is 4.75. The molecule has 2 aromatic carbocycles. The van der Waals surface area contributed by atoms with Crippen LogP contribution in [0.2, 0.25) is 0 Å². The fraction of sp³-hybridized carbons (Fsp3) is 0.0625. The first kappa shape index (κ1) is 17.4. The van der Waals surface area contributed by atoms with Crippen LogP contribution in [0.25, 0.3) is 0 Å². The van der Waals surface area contributed by atoms with E-state index in [0.29, 0.717) is 11.3 Å². The van der Waals surface area contributed by atoms with Gasteiger partial charge in [-0.3, -0.25) is 5.43 Å². The Balaban J connectivity index is 2.15. The number of nitrogens with zero attached hydrogens (tertiary/aromatic N) is 1. The monoisotopic (exact) mass is 347 g/mol. The Morgan fingerprint density at radius 3 is 2.58 bits per heavy atom. The number of benzene rings is 2. The van der Waals surface area contributed by atoms with Crippen LogP contribution in [0, 0.1) is 5.82 Å². The zero-order chi connectivity index (χ0) is 17.5. The molecule has 2 rings (SSSR count). The lowest BCUT2D eigenvalue weighted by molar-refractivity contribution is 0.0729. The van der Waals surface area contributed by atoms with E-state index in [1.165, 1.54) is 37.6 Å². The molecule has 0 radical (unpaired) electrons. The fourth-order valence-corrected chi connectivity index (χ4v) is 1.82. The van der Waals surface area contributed by atoms with Gasteiger partial charge in [0.1, 0.15) is 5.82 Å². The summed E-state index contributed by atoms with van der Waals surface area (Å²) in [6, 6.07) is 9.89. The molecule has 0 amide bonds. The van der Waals surface area contributed by atoms with Gasteiger partial charge in [-0.15, -0.1) is 0 Å². The van der Waals surface area contributed by atoms with Crippen LogP contribution in [0.3, 0.4) is 0 Å². The molecule has 0 aliphatic carbocycles. The molecule has 0 saturated heterocycles. The minimum absolute atomic E-state index is 0.0445. The van der Waals surface area contributed by atoms with Crippen molar-refractivity contribution in [2.75, 3.05) is 7.11 Å². The lowest BCUT2D eigenvalue weighted by atomic mass is 10.2. The Kier molecular flexibility index (Phi) is 5.80. The SMILES string of the molecule is COc1cc(/C=N/NC(N)=S)ccc1OC(=O)c1ccc(F)cc1. The van der Waals surface area contributed by atoms with E-state index in [0.717, 1.165) is 0 Å². The molecule has 24 heavy (non-hydrogen) atoms. The molecule has 0 aliphatic heterocycles. The Labute approximate surface area is 143 Å². The second kappa shape index (κ2) is 8.02. The maximum absolute atomic E-state index is 12.9.